The number of methoxy groups -OCH3 is 1. The highest BCUT2D eigenvalue weighted by Gasteiger charge is 2.11. The van der Waals surface area contributed by atoms with Gasteiger partial charge in [0.05, 0.1) is 7.11 Å². The molecule has 1 aromatic heterocycles. The molecule has 1 rings (SSSR count). The maximum absolute atomic E-state index is 5.62. The zero-order valence-electron chi connectivity index (χ0n) is 8.53. The number of hydrogen-bond acceptors (Lipinski definition) is 6. The van der Waals surface area contributed by atoms with E-state index in [-0.39, 0.29) is 0 Å². The highest BCUT2D eigenvalue weighted by molar-refractivity contribution is 7.99. The molecule has 0 aromatic carbocycles. The summed E-state index contributed by atoms with van der Waals surface area (Å²) in [5.41, 5.74) is 5.62. The van der Waals surface area contributed by atoms with Crippen molar-refractivity contribution in [3.05, 3.63) is 0 Å². The third-order valence-corrected chi connectivity index (χ3v) is 3.60. The SMILES string of the molecule is COc1c(N)nsc1NCC(C)SC. The molecule has 0 radical (unpaired) electrons. The van der Waals surface area contributed by atoms with E-state index >= 15 is 0 Å². The van der Waals surface area contributed by atoms with E-state index in [0.29, 0.717) is 16.8 Å². The maximum Gasteiger partial charge on any atom is 0.197 e. The van der Waals surface area contributed by atoms with Gasteiger partial charge in [0.2, 0.25) is 0 Å². The topological polar surface area (TPSA) is 60.2 Å². The van der Waals surface area contributed by atoms with Crippen LogP contribution in [0.2, 0.25) is 0 Å². The van der Waals surface area contributed by atoms with Crippen molar-refractivity contribution < 1.29 is 4.74 Å². The van der Waals surface area contributed by atoms with Crippen molar-refractivity contribution in [2.45, 2.75) is 12.2 Å². The highest BCUT2D eigenvalue weighted by atomic mass is 32.2. The Kier molecular flexibility index (Phi) is 4.34. The number of nitrogens with two attached hydrogens (primary N) is 1. The molecule has 0 saturated carbocycles. The van der Waals surface area contributed by atoms with E-state index in [4.69, 9.17) is 10.5 Å². The summed E-state index contributed by atoms with van der Waals surface area (Å²) in [5.74, 6) is 1.11. The Balaban J connectivity index is 2.58. The van der Waals surface area contributed by atoms with E-state index in [1.165, 1.54) is 11.5 Å². The van der Waals surface area contributed by atoms with Gasteiger partial charge in [-0.05, 0) is 17.8 Å². The minimum Gasteiger partial charge on any atom is -0.490 e. The van der Waals surface area contributed by atoms with E-state index in [2.05, 4.69) is 22.9 Å². The summed E-state index contributed by atoms with van der Waals surface area (Å²) in [5, 5.41) is 4.73. The number of anilines is 2. The van der Waals surface area contributed by atoms with E-state index in [9.17, 15) is 0 Å². The Labute approximate surface area is 92.4 Å². The van der Waals surface area contributed by atoms with Crippen molar-refractivity contribution in [1.29, 1.82) is 0 Å². The fourth-order valence-corrected chi connectivity index (χ4v) is 1.86. The third kappa shape index (κ3) is 2.68. The van der Waals surface area contributed by atoms with Crippen LogP contribution in [0.25, 0.3) is 0 Å². The number of nitrogen functional groups attached to an aromatic ring is 1. The second-order valence-corrected chi connectivity index (χ2v) is 4.91. The molecule has 0 aliphatic carbocycles. The van der Waals surface area contributed by atoms with Crippen molar-refractivity contribution >= 4 is 34.1 Å². The Hall–Kier alpha value is -0.620. The van der Waals surface area contributed by atoms with Crippen molar-refractivity contribution in [1.82, 2.24) is 4.37 Å². The van der Waals surface area contributed by atoms with Crippen LogP contribution in [0.15, 0.2) is 0 Å². The predicted octanol–water partition coefficient (Wildman–Crippen LogP) is 1.90. The minimum absolute atomic E-state index is 0.455. The first kappa shape index (κ1) is 11.5. The van der Waals surface area contributed by atoms with Gasteiger partial charge in [-0.25, -0.2) is 0 Å². The van der Waals surface area contributed by atoms with E-state index < -0.39 is 0 Å². The molecule has 0 saturated heterocycles. The Morgan fingerprint density at radius 1 is 1.71 bits per heavy atom. The van der Waals surface area contributed by atoms with Crippen LogP contribution in [-0.4, -0.2) is 29.5 Å². The quantitative estimate of drug-likeness (QED) is 0.813. The second-order valence-electron chi connectivity index (χ2n) is 2.86. The van der Waals surface area contributed by atoms with Crippen molar-refractivity contribution in [3.63, 3.8) is 0 Å². The van der Waals surface area contributed by atoms with Crippen LogP contribution >= 0.6 is 23.3 Å². The summed E-state index contributed by atoms with van der Waals surface area (Å²) < 4.78 is 9.15. The Bertz CT molecular complexity index is 290. The molecular formula is C8H15N3OS2. The standard InChI is InChI=1S/C8H15N3OS2/c1-5(13-3)4-10-8-6(12-2)7(9)11-14-8/h5,10H,4H2,1-3H3,(H2,9,11). The molecule has 1 heterocycles. The molecule has 0 aliphatic heterocycles. The maximum atomic E-state index is 5.62. The first-order valence-electron chi connectivity index (χ1n) is 4.24. The summed E-state index contributed by atoms with van der Waals surface area (Å²) in [6.07, 6.45) is 2.09. The molecule has 3 N–H and O–H groups in total. The number of hydrogen-bond donors (Lipinski definition) is 2. The van der Waals surface area contributed by atoms with Gasteiger partial charge in [-0.3, -0.25) is 0 Å². The van der Waals surface area contributed by atoms with Crippen molar-refractivity contribution in [2.75, 3.05) is 31.0 Å². The molecule has 0 spiro atoms. The summed E-state index contributed by atoms with van der Waals surface area (Å²) in [6.45, 7) is 3.05. The van der Waals surface area contributed by atoms with Gasteiger partial charge in [0.1, 0.15) is 0 Å². The summed E-state index contributed by atoms with van der Waals surface area (Å²) in [7, 11) is 1.60. The van der Waals surface area contributed by atoms with Crippen LogP contribution in [0.5, 0.6) is 5.75 Å². The van der Waals surface area contributed by atoms with Crippen molar-refractivity contribution in [3.8, 4) is 5.75 Å². The lowest BCUT2D eigenvalue weighted by Gasteiger charge is -2.10. The normalized spacial score (nSPS) is 12.5. The van der Waals surface area contributed by atoms with Crippen LogP contribution in [0.3, 0.4) is 0 Å². The zero-order chi connectivity index (χ0) is 10.6. The number of aromatic nitrogens is 1. The van der Waals surface area contributed by atoms with Crippen LogP contribution < -0.4 is 15.8 Å². The minimum atomic E-state index is 0.455. The van der Waals surface area contributed by atoms with Gasteiger partial charge in [0.25, 0.3) is 0 Å². The van der Waals surface area contributed by atoms with Crippen molar-refractivity contribution in [2.24, 2.45) is 0 Å². The van der Waals surface area contributed by atoms with Gasteiger partial charge < -0.3 is 15.8 Å². The molecule has 1 unspecified atom stereocenters. The fraction of sp³-hybridized carbons (Fsp3) is 0.625. The lowest BCUT2D eigenvalue weighted by atomic mass is 10.4. The fourth-order valence-electron chi connectivity index (χ4n) is 0.924. The smallest absolute Gasteiger partial charge is 0.197 e. The number of nitrogens with one attached hydrogen (secondary N) is 1. The first-order chi connectivity index (χ1) is 6.69. The van der Waals surface area contributed by atoms with Gasteiger partial charge in [0.15, 0.2) is 16.6 Å². The lowest BCUT2D eigenvalue weighted by molar-refractivity contribution is 0.419. The first-order valence-corrected chi connectivity index (χ1v) is 6.31. The number of ether oxygens (including phenoxy) is 1. The molecule has 0 aliphatic rings. The van der Waals surface area contributed by atoms with Gasteiger partial charge in [-0.1, -0.05) is 6.92 Å². The second kappa shape index (κ2) is 5.31. The van der Waals surface area contributed by atoms with Crippen LogP contribution in [0.4, 0.5) is 10.8 Å². The third-order valence-electron chi connectivity index (χ3n) is 1.83. The largest absolute Gasteiger partial charge is 0.490 e. The number of nitrogens with zero attached hydrogens (tertiary/aromatic N) is 1. The average molecular weight is 233 g/mol. The monoisotopic (exact) mass is 233 g/mol. The molecule has 0 bridgehead atoms. The summed E-state index contributed by atoms with van der Waals surface area (Å²) in [4.78, 5) is 0. The highest BCUT2D eigenvalue weighted by Crippen LogP contribution is 2.34. The molecule has 1 atom stereocenters. The summed E-state index contributed by atoms with van der Waals surface area (Å²) in [6, 6.07) is 0. The van der Waals surface area contributed by atoms with Crippen LogP contribution in [-0.2, 0) is 0 Å². The van der Waals surface area contributed by atoms with Crippen LogP contribution in [0.1, 0.15) is 6.92 Å². The molecule has 80 valence electrons. The molecule has 1 aromatic rings. The van der Waals surface area contributed by atoms with Crippen LogP contribution in [0, 0.1) is 0 Å². The predicted molar refractivity (Wildman–Crippen MR) is 64.5 cm³/mol. The number of thioether (sulfide) groups is 1. The summed E-state index contributed by atoms with van der Waals surface area (Å²) >= 11 is 3.15. The van der Waals surface area contributed by atoms with Gasteiger partial charge in [-0.2, -0.15) is 16.1 Å². The molecule has 14 heavy (non-hydrogen) atoms. The molecule has 0 amide bonds. The Morgan fingerprint density at radius 2 is 2.43 bits per heavy atom. The molecule has 4 nitrogen and oxygen atoms in total. The average Bonchev–Trinajstić information content (AvgIpc) is 2.55. The molecule has 0 fully saturated rings. The number of rotatable bonds is 5. The van der Waals surface area contributed by atoms with Gasteiger partial charge in [-0.15, -0.1) is 0 Å². The van der Waals surface area contributed by atoms with Gasteiger partial charge in [0, 0.05) is 11.8 Å². The van der Waals surface area contributed by atoms with Gasteiger partial charge >= 0.3 is 0 Å². The molecular weight excluding hydrogens is 218 g/mol. The lowest BCUT2D eigenvalue weighted by Crippen LogP contribution is -2.12. The zero-order valence-corrected chi connectivity index (χ0v) is 10.2. The molecule has 6 heteroatoms. The Morgan fingerprint density at radius 3 is 3.00 bits per heavy atom. The van der Waals surface area contributed by atoms with E-state index in [0.717, 1.165) is 11.5 Å². The van der Waals surface area contributed by atoms with E-state index in [1.54, 1.807) is 7.11 Å². The van der Waals surface area contributed by atoms with E-state index in [1.807, 2.05) is 11.8 Å².